The number of amides is 3. The van der Waals surface area contributed by atoms with Crippen LogP contribution in [0, 0.1) is 11.8 Å². The zero-order valence-corrected chi connectivity index (χ0v) is 22.1. The van der Waals surface area contributed by atoms with Gasteiger partial charge in [-0.1, -0.05) is 32.9 Å². The summed E-state index contributed by atoms with van der Waals surface area (Å²) in [6.45, 7) is 6.82. The van der Waals surface area contributed by atoms with Gasteiger partial charge >= 0.3 is 11.9 Å². The number of carbonyl (C=O) groups is 5. The lowest BCUT2D eigenvalue weighted by molar-refractivity contribution is -0.152. The summed E-state index contributed by atoms with van der Waals surface area (Å²) >= 11 is 1.34. The van der Waals surface area contributed by atoms with Crippen LogP contribution < -0.4 is 5.32 Å². The minimum atomic E-state index is -1.19. The number of thiophene rings is 1. The Hall–Kier alpha value is -3.53. The van der Waals surface area contributed by atoms with Gasteiger partial charge in [-0.05, 0) is 55.7 Å². The van der Waals surface area contributed by atoms with Gasteiger partial charge in [0.1, 0.15) is 11.0 Å². The fourth-order valence-electron chi connectivity index (χ4n) is 4.78. The van der Waals surface area contributed by atoms with Gasteiger partial charge in [0.15, 0.2) is 6.61 Å². The summed E-state index contributed by atoms with van der Waals surface area (Å²) in [4.78, 5) is 66.2. The highest BCUT2D eigenvalue weighted by molar-refractivity contribution is 7.17. The summed E-state index contributed by atoms with van der Waals surface area (Å²) in [5, 5.41) is 3.08. The number of fused-ring (bicyclic) bond motifs is 2. The second-order valence-electron chi connectivity index (χ2n) is 9.65. The average molecular weight is 527 g/mol. The first-order valence-electron chi connectivity index (χ1n) is 12.4. The molecule has 10 heteroatoms. The first-order valence-corrected chi connectivity index (χ1v) is 13.2. The SMILES string of the molecule is CCOC(=O)c1c(NC(=O)COC(=O)[C@H](C(C)C)N2C(=O)c3ccccc3C2=O)sc2c1CC[C@H](C)C2. The molecule has 2 aromatic rings. The smallest absolute Gasteiger partial charge is 0.341 e. The average Bonchev–Trinajstić information content (AvgIpc) is 3.32. The molecule has 1 aliphatic carbocycles. The second-order valence-corrected chi connectivity index (χ2v) is 10.8. The molecule has 0 saturated carbocycles. The third-order valence-electron chi connectivity index (χ3n) is 6.57. The minimum Gasteiger partial charge on any atom is -0.462 e. The molecule has 2 heterocycles. The van der Waals surface area contributed by atoms with E-state index >= 15 is 0 Å². The predicted octanol–water partition coefficient (Wildman–Crippen LogP) is 3.85. The van der Waals surface area contributed by atoms with Gasteiger partial charge < -0.3 is 14.8 Å². The Bertz CT molecular complexity index is 1230. The zero-order chi connectivity index (χ0) is 26.9. The van der Waals surface area contributed by atoms with E-state index in [2.05, 4.69) is 12.2 Å². The normalized spacial score (nSPS) is 17.3. The van der Waals surface area contributed by atoms with Gasteiger partial charge in [-0.25, -0.2) is 9.59 Å². The number of anilines is 1. The van der Waals surface area contributed by atoms with Crippen molar-refractivity contribution in [2.24, 2.45) is 11.8 Å². The standard InChI is InChI=1S/C27H30N2O7S/c1-5-35-26(33)21-18-11-10-15(4)12-19(18)37-23(21)28-20(30)13-36-27(34)22(14(2)3)29-24(31)16-8-6-7-9-17(16)25(29)32/h6-9,14-15,22H,5,10-13H2,1-4H3,(H,28,30)/t15-,22-/m0/s1. The zero-order valence-electron chi connectivity index (χ0n) is 21.3. The van der Waals surface area contributed by atoms with Crippen LogP contribution in [0.4, 0.5) is 5.00 Å². The maximum Gasteiger partial charge on any atom is 0.341 e. The molecule has 37 heavy (non-hydrogen) atoms. The monoisotopic (exact) mass is 526 g/mol. The molecule has 9 nitrogen and oxygen atoms in total. The van der Waals surface area contributed by atoms with Crippen LogP contribution in [0.25, 0.3) is 0 Å². The molecule has 1 aromatic heterocycles. The van der Waals surface area contributed by atoms with Gasteiger partial charge in [-0.15, -0.1) is 11.3 Å². The molecule has 196 valence electrons. The van der Waals surface area contributed by atoms with Gasteiger partial charge in [-0.3, -0.25) is 19.3 Å². The lowest BCUT2D eigenvalue weighted by atomic mass is 9.88. The number of esters is 2. The van der Waals surface area contributed by atoms with Crippen molar-refractivity contribution in [1.29, 1.82) is 0 Å². The molecule has 0 radical (unpaired) electrons. The summed E-state index contributed by atoms with van der Waals surface area (Å²) in [5.74, 6) is -3.09. The summed E-state index contributed by atoms with van der Waals surface area (Å²) < 4.78 is 10.5. The van der Waals surface area contributed by atoms with Crippen molar-refractivity contribution in [3.05, 3.63) is 51.4 Å². The number of nitrogens with zero attached hydrogens (tertiary/aromatic N) is 1. The molecular formula is C27H30N2O7S. The molecule has 3 amide bonds. The van der Waals surface area contributed by atoms with Crippen LogP contribution in [0.15, 0.2) is 24.3 Å². The number of nitrogens with one attached hydrogen (secondary N) is 1. The van der Waals surface area contributed by atoms with E-state index in [0.717, 1.165) is 34.6 Å². The van der Waals surface area contributed by atoms with Crippen LogP contribution in [0.3, 0.4) is 0 Å². The highest BCUT2D eigenvalue weighted by atomic mass is 32.1. The molecule has 2 aliphatic rings. The van der Waals surface area contributed by atoms with Crippen LogP contribution in [-0.4, -0.2) is 53.8 Å². The van der Waals surface area contributed by atoms with Crippen molar-refractivity contribution in [2.45, 2.75) is 53.0 Å². The van der Waals surface area contributed by atoms with E-state index in [1.165, 1.54) is 23.5 Å². The largest absolute Gasteiger partial charge is 0.462 e. The molecule has 1 N–H and O–H groups in total. The second kappa shape index (κ2) is 10.8. The van der Waals surface area contributed by atoms with Crippen LogP contribution in [-0.2, 0) is 31.9 Å². The van der Waals surface area contributed by atoms with Crippen molar-refractivity contribution in [3.8, 4) is 0 Å². The van der Waals surface area contributed by atoms with Gasteiger partial charge in [0, 0.05) is 4.88 Å². The third kappa shape index (κ3) is 5.16. The number of ether oxygens (including phenoxy) is 2. The molecular weight excluding hydrogens is 496 g/mol. The topological polar surface area (TPSA) is 119 Å². The maximum absolute atomic E-state index is 13.0. The van der Waals surface area contributed by atoms with Crippen LogP contribution in [0.5, 0.6) is 0 Å². The maximum atomic E-state index is 13.0. The van der Waals surface area contributed by atoms with E-state index in [1.807, 2.05) is 0 Å². The van der Waals surface area contributed by atoms with E-state index in [4.69, 9.17) is 9.47 Å². The van der Waals surface area contributed by atoms with E-state index in [-0.39, 0.29) is 17.7 Å². The number of hydrogen-bond donors (Lipinski definition) is 1. The van der Waals surface area contributed by atoms with E-state index in [9.17, 15) is 24.0 Å². The number of imide groups is 1. The quantitative estimate of drug-likeness (QED) is 0.410. The summed E-state index contributed by atoms with van der Waals surface area (Å²) in [6.07, 6.45) is 2.48. The number of carbonyl (C=O) groups excluding carboxylic acids is 5. The molecule has 0 spiro atoms. The van der Waals surface area contributed by atoms with E-state index in [1.54, 1.807) is 32.9 Å². The van der Waals surface area contributed by atoms with Crippen molar-refractivity contribution in [2.75, 3.05) is 18.5 Å². The third-order valence-corrected chi connectivity index (χ3v) is 7.74. The Kier molecular flexibility index (Phi) is 7.77. The lowest BCUT2D eigenvalue weighted by Gasteiger charge is -2.27. The predicted molar refractivity (Wildman–Crippen MR) is 137 cm³/mol. The molecule has 0 unspecified atom stereocenters. The molecule has 2 atom stereocenters. The van der Waals surface area contributed by atoms with Crippen molar-refractivity contribution < 1.29 is 33.4 Å². The molecule has 1 aromatic carbocycles. The lowest BCUT2D eigenvalue weighted by Crippen LogP contribution is -2.49. The Morgan fingerprint density at radius 1 is 1.11 bits per heavy atom. The molecule has 0 saturated heterocycles. The Balaban J connectivity index is 1.47. The Morgan fingerprint density at radius 2 is 1.76 bits per heavy atom. The molecule has 0 bridgehead atoms. The fourth-order valence-corrected chi connectivity index (χ4v) is 6.19. The van der Waals surface area contributed by atoms with Gasteiger partial charge in [0.25, 0.3) is 17.7 Å². The summed E-state index contributed by atoms with van der Waals surface area (Å²) in [5.41, 5.74) is 1.72. The first-order chi connectivity index (χ1) is 17.6. The van der Waals surface area contributed by atoms with Crippen LogP contribution in [0.1, 0.15) is 75.6 Å². The van der Waals surface area contributed by atoms with Crippen molar-refractivity contribution >= 4 is 46.0 Å². The summed E-state index contributed by atoms with van der Waals surface area (Å²) in [7, 11) is 0. The number of rotatable bonds is 8. The van der Waals surface area contributed by atoms with Gasteiger partial charge in [-0.2, -0.15) is 0 Å². The molecule has 0 fully saturated rings. The summed E-state index contributed by atoms with van der Waals surface area (Å²) in [6, 6.07) is 5.18. The van der Waals surface area contributed by atoms with Crippen molar-refractivity contribution in [3.63, 3.8) is 0 Å². The van der Waals surface area contributed by atoms with Gasteiger partial charge in [0.05, 0.1) is 23.3 Å². The Labute approximate surface area is 219 Å². The number of hydrogen-bond acceptors (Lipinski definition) is 8. The highest BCUT2D eigenvalue weighted by Crippen LogP contribution is 2.40. The highest BCUT2D eigenvalue weighted by Gasteiger charge is 2.44. The fraction of sp³-hybridized carbons (Fsp3) is 0.444. The van der Waals surface area contributed by atoms with Gasteiger partial charge in [0.2, 0.25) is 0 Å². The molecule has 1 aliphatic heterocycles. The Morgan fingerprint density at radius 3 is 2.35 bits per heavy atom. The van der Waals surface area contributed by atoms with Crippen LogP contribution in [0.2, 0.25) is 0 Å². The van der Waals surface area contributed by atoms with E-state index < -0.39 is 48.2 Å². The number of benzene rings is 1. The first kappa shape index (κ1) is 26.5. The molecule has 4 rings (SSSR count). The van der Waals surface area contributed by atoms with E-state index in [0.29, 0.717) is 16.5 Å². The minimum absolute atomic E-state index is 0.208. The van der Waals surface area contributed by atoms with Crippen LogP contribution >= 0.6 is 11.3 Å². The van der Waals surface area contributed by atoms with Crippen molar-refractivity contribution in [1.82, 2.24) is 4.90 Å².